The lowest BCUT2D eigenvalue weighted by molar-refractivity contribution is -0.135. The molecule has 1 fully saturated rings. The number of benzene rings is 2. The molecule has 2 aromatic rings. The van der Waals surface area contributed by atoms with Gasteiger partial charge >= 0.3 is 0 Å². The molecule has 0 bridgehead atoms. The van der Waals surface area contributed by atoms with Gasteiger partial charge in [0, 0.05) is 32.7 Å². The van der Waals surface area contributed by atoms with E-state index in [0.29, 0.717) is 18.8 Å². The molecule has 9 heteroatoms. The summed E-state index contributed by atoms with van der Waals surface area (Å²) in [6.07, 6.45) is 0. The highest BCUT2D eigenvalue weighted by molar-refractivity contribution is 7.89. The summed E-state index contributed by atoms with van der Waals surface area (Å²) >= 11 is 0. The Bertz CT molecular complexity index is 1020. The Balaban J connectivity index is 1.60. The van der Waals surface area contributed by atoms with E-state index in [2.05, 4.69) is 9.62 Å². The van der Waals surface area contributed by atoms with Crippen molar-refractivity contribution in [3.05, 3.63) is 54.1 Å². The highest BCUT2D eigenvalue weighted by Crippen LogP contribution is 2.19. The molecular weight excluding hydrogens is 442 g/mol. The summed E-state index contributed by atoms with van der Waals surface area (Å²) in [6.45, 7) is 7.06. The van der Waals surface area contributed by atoms with Gasteiger partial charge in [0.15, 0.2) is 0 Å². The lowest BCUT2D eigenvalue weighted by Crippen LogP contribution is -2.56. The van der Waals surface area contributed by atoms with Crippen molar-refractivity contribution < 1.29 is 22.7 Å². The first-order valence-corrected chi connectivity index (χ1v) is 12.5. The van der Waals surface area contributed by atoms with Crippen LogP contribution in [-0.4, -0.2) is 70.6 Å². The van der Waals surface area contributed by atoms with Gasteiger partial charge in [-0.3, -0.25) is 9.69 Å². The molecule has 8 nitrogen and oxygen atoms in total. The largest absolute Gasteiger partial charge is 0.497 e. The molecule has 180 valence electrons. The van der Waals surface area contributed by atoms with Crippen molar-refractivity contribution in [1.82, 2.24) is 14.5 Å². The number of rotatable bonds is 9. The molecule has 0 saturated carbocycles. The third kappa shape index (κ3) is 6.46. The van der Waals surface area contributed by atoms with E-state index in [1.165, 1.54) is 24.8 Å². The second kappa shape index (κ2) is 11.0. The Labute approximate surface area is 196 Å². The maximum Gasteiger partial charge on any atom is 0.241 e. The molecule has 1 aliphatic heterocycles. The predicted molar refractivity (Wildman–Crippen MR) is 127 cm³/mol. The minimum atomic E-state index is -3.84. The van der Waals surface area contributed by atoms with Crippen molar-refractivity contribution in [2.75, 3.05) is 40.4 Å². The zero-order valence-electron chi connectivity index (χ0n) is 19.7. The number of methoxy groups -OCH3 is 2. The van der Waals surface area contributed by atoms with E-state index in [9.17, 15) is 13.2 Å². The van der Waals surface area contributed by atoms with Crippen LogP contribution in [0.3, 0.4) is 0 Å². The molecule has 1 atom stereocenters. The van der Waals surface area contributed by atoms with Gasteiger partial charge in [-0.2, -0.15) is 4.72 Å². The van der Waals surface area contributed by atoms with Crippen LogP contribution in [-0.2, 0) is 21.4 Å². The summed E-state index contributed by atoms with van der Waals surface area (Å²) in [7, 11) is -0.679. The fourth-order valence-corrected chi connectivity index (χ4v) is 5.11. The van der Waals surface area contributed by atoms with Crippen LogP contribution in [0.2, 0.25) is 0 Å². The first kappa shape index (κ1) is 25.0. The zero-order valence-corrected chi connectivity index (χ0v) is 20.5. The molecule has 3 rings (SSSR count). The summed E-state index contributed by atoms with van der Waals surface area (Å²) in [4.78, 5) is 17.4. The lowest BCUT2D eigenvalue weighted by Gasteiger charge is -2.37. The van der Waals surface area contributed by atoms with Gasteiger partial charge in [0.1, 0.15) is 17.5 Å². The first-order valence-electron chi connectivity index (χ1n) is 11.0. The van der Waals surface area contributed by atoms with E-state index in [-0.39, 0.29) is 16.7 Å². The van der Waals surface area contributed by atoms with Crippen LogP contribution in [0.15, 0.2) is 53.4 Å². The third-order valence-corrected chi connectivity index (χ3v) is 7.29. The molecular formula is C24H33N3O5S. The average Bonchev–Trinajstić information content (AvgIpc) is 2.83. The standard InChI is InChI=1S/C24H33N3O5S/c1-18(2)23(25-33(29,30)22-11-9-21(32-4)10-12-22)24(28)27-15-13-26(14-16-27)17-19-5-7-20(31-3)8-6-19/h5-12,18,23,25H,13-17H2,1-4H3/t23-/m0/s1. The Morgan fingerprint density at radius 1 is 0.909 bits per heavy atom. The van der Waals surface area contributed by atoms with Gasteiger partial charge in [-0.1, -0.05) is 26.0 Å². The quantitative estimate of drug-likeness (QED) is 0.599. The number of carbonyl (C=O) groups excluding carboxylic acids is 1. The fourth-order valence-electron chi connectivity index (χ4n) is 3.77. The molecule has 0 unspecified atom stereocenters. The van der Waals surface area contributed by atoms with Crippen molar-refractivity contribution >= 4 is 15.9 Å². The molecule has 1 amide bonds. The highest BCUT2D eigenvalue weighted by atomic mass is 32.2. The normalized spacial score (nSPS) is 16.0. The van der Waals surface area contributed by atoms with Gasteiger partial charge in [-0.25, -0.2) is 8.42 Å². The minimum absolute atomic E-state index is 0.103. The molecule has 1 saturated heterocycles. The van der Waals surface area contributed by atoms with Crippen LogP contribution in [0.1, 0.15) is 19.4 Å². The van der Waals surface area contributed by atoms with E-state index in [4.69, 9.17) is 9.47 Å². The van der Waals surface area contributed by atoms with Gasteiger partial charge < -0.3 is 14.4 Å². The van der Waals surface area contributed by atoms with Gasteiger partial charge in [0.25, 0.3) is 0 Å². The van der Waals surface area contributed by atoms with Crippen molar-refractivity contribution in [3.63, 3.8) is 0 Å². The van der Waals surface area contributed by atoms with Gasteiger partial charge in [-0.15, -0.1) is 0 Å². The third-order valence-electron chi connectivity index (χ3n) is 5.83. The topological polar surface area (TPSA) is 88.2 Å². The maximum atomic E-state index is 13.2. The van der Waals surface area contributed by atoms with Crippen molar-refractivity contribution in [2.24, 2.45) is 5.92 Å². The van der Waals surface area contributed by atoms with Gasteiger partial charge in [0.2, 0.25) is 15.9 Å². The van der Waals surface area contributed by atoms with E-state index in [0.717, 1.165) is 25.4 Å². The minimum Gasteiger partial charge on any atom is -0.497 e. The van der Waals surface area contributed by atoms with Crippen LogP contribution >= 0.6 is 0 Å². The Hall–Kier alpha value is -2.62. The fraction of sp³-hybridized carbons (Fsp3) is 0.458. The van der Waals surface area contributed by atoms with Crippen LogP contribution in [0.25, 0.3) is 0 Å². The lowest BCUT2D eigenvalue weighted by atomic mass is 10.0. The number of hydrogen-bond acceptors (Lipinski definition) is 6. The van der Waals surface area contributed by atoms with Gasteiger partial charge in [-0.05, 0) is 47.9 Å². The number of ether oxygens (including phenoxy) is 2. The van der Waals surface area contributed by atoms with Crippen molar-refractivity contribution in [2.45, 2.75) is 31.3 Å². The number of amides is 1. The summed E-state index contributed by atoms with van der Waals surface area (Å²) in [6, 6.07) is 13.3. The number of nitrogens with zero attached hydrogens (tertiary/aromatic N) is 2. The molecule has 0 radical (unpaired) electrons. The van der Waals surface area contributed by atoms with Crippen LogP contribution in [0.4, 0.5) is 0 Å². The zero-order chi connectivity index (χ0) is 24.0. The first-order chi connectivity index (χ1) is 15.7. The molecule has 1 heterocycles. The number of hydrogen-bond donors (Lipinski definition) is 1. The van der Waals surface area contributed by atoms with Crippen LogP contribution in [0, 0.1) is 5.92 Å². The summed E-state index contributed by atoms with van der Waals surface area (Å²) in [5, 5.41) is 0. The average molecular weight is 476 g/mol. The number of carbonyl (C=O) groups is 1. The van der Waals surface area contributed by atoms with Crippen LogP contribution < -0.4 is 14.2 Å². The predicted octanol–water partition coefficient (Wildman–Crippen LogP) is 2.35. The molecule has 1 N–H and O–H groups in total. The second-order valence-corrected chi connectivity index (χ2v) is 10.2. The second-order valence-electron chi connectivity index (χ2n) is 8.47. The summed E-state index contributed by atoms with van der Waals surface area (Å²) < 4.78 is 38.7. The van der Waals surface area contributed by atoms with E-state index in [1.807, 2.05) is 38.1 Å². The Kier molecular flexibility index (Phi) is 8.34. The molecule has 0 spiro atoms. The molecule has 0 aromatic heterocycles. The van der Waals surface area contributed by atoms with E-state index in [1.54, 1.807) is 24.1 Å². The van der Waals surface area contributed by atoms with E-state index >= 15 is 0 Å². The molecule has 0 aliphatic carbocycles. The summed E-state index contributed by atoms with van der Waals surface area (Å²) in [5.41, 5.74) is 1.18. The van der Waals surface area contributed by atoms with Crippen molar-refractivity contribution in [3.8, 4) is 11.5 Å². The smallest absolute Gasteiger partial charge is 0.241 e. The SMILES string of the molecule is COc1ccc(CN2CCN(C(=O)[C@@H](NS(=O)(=O)c3ccc(OC)cc3)C(C)C)CC2)cc1. The number of piperazine rings is 1. The monoisotopic (exact) mass is 475 g/mol. The summed E-state index contributed by atoms with van der Waals surface area (Å²) in [5.74, 6) is 1.01. The molecule has 33 heavy (non-hydrogen) atoms. The van der Waals surface area contributed by atoms with Crippen LogP contribution in [0.5, 0.6) is 11.5 Å². The van der Waals surface area contributed by atoms with Crippen molar-refractivity contribution in [1.29, 1.82) is 0 Å². The number of sulfonamides is 1. The maximum absolute atomic E-state index is 13.2. The number of nitrogens with one attached hydrogen (secondary N) is 1. The Morgan fingerprint density at radius 3 is 1.91 bits per heavy atom. The van der Waals surface area contributed by atoms with E-state index < -0.39 is 16.1 Å². The molecule has 2 aromatic carbocycles. The Morgan fingerprint density at radius 2 is 1.42 bits per heavy atom. The molecule has 1 aliphatic rings. The highest BCUT2D eigenvalue weighted by Gasteiger charge is 2.33. The van der Waals surface area contributed by atoms with Gasteiger partial charge in [0.05, 0.1) is 19.1 Å².